The smallest absolute Gasteiger partial charge is 0.273 e. The maximum absolute atomic E-state index is 10.6. The molecular weight excluding hydrogens is 244 g/mol. The summed E-state index contributed by atoms with van der Waals surface area (Å²) < 4.78 is 5.45. The number of para-hydroxylation sites is 1. The van der Waals surface area contributed by atoms with E-state index in [1.54, 1.807) is 12.1 Å². The van der Waals surface area contributed by atoms with E-state index in [-0.39, 0.29) is 5.69 Å². The summed E-state index contributed by atoms with van der Waals surface area (Å²) in [6, 6.07) is 15.9. The van der Waals surface area contributed by atoms with Crippen LogP contribution in [0.25, 0.3) is 0 Å². The number of nitrogens with one attached hydrogen (secondary N) is 1. The summed E-state index contributed by atoms with van der Waals surface area (Å²) in [5, 5.41) is 13.8. The molecule has 0 amide bonds. The molecule has 2 aromatic carbocycles. The van der Waals surface area contributed by atoms with Gasteiger partial charge in [-0.2, -0.15) is 0 Å². The molecule has 0 radical (unpaired) electrons. The highest BCUT2D eigenvalue weighted by atomic mass is 16.6. The number of nitrogens with zero attached hydrogens (tertiary/aromatic N) is 1. The van der Waals surface area contributed by atoms with Crippen LogP contribution < -0.4 is 10.1 Å². The molecule has 0 spiro atoms. The Bertz CT molecular complexity index is 543. The van der Waals surface area contributed by atoms with Gasteiger partial charge in [-0.25, -0.2) is 0 Å². The third-order valence-electron chi connectivity index (χ3n) is 2.50. The van der Waals surface area contributed by atoms with Crippen LogP contribution >= 0.6 is 0 Å². The van der Waals surface area contributed by atoms with Gasteiger partial charge in [-0.1, -0.05) is 24.3 Å². The lowest BCUT2D eigenvalue weighted by Crippen LogP contribution is -2.11. The maximum atomic E-state index is 10.6. The number of hydrogen-bond donors (Lipinski definition) is 1. The fourth-order valence-corrected chi connectivity index (χ4v) is 1.61. The molecule has 2 rings (SSSR count). The van der Waals surface area contributed by atoms with E-state index in [2.05, 4.69) is 5.32 Å². The second-order valence-corrected chi connectivity index (χ2v) is 3.90. The lowest BCUT2D eigenvalue weighted by Gasteiger charge is -2.08. The Labute approximate surface area is 111 Å². The summed E-state index contributed by atoms with van der Waals surface area (Å²) >= 11 is 0. The minimum atomic E-state index is -0.435. The first-order valence-electron chi connectivity index (χ1n) is 5.92. The third kappa shape index (κ3) is 3.99. The van der Waals surface area contributed by atoms with Gasteiger partial charge in [0.05, 0.1) is 11.0 Å². The van der Waals surface area contributed by atoms with Crippen molar-refractivity contribution in [2.45, 2.75) is 0 Å². The molecule has 0 fully saturated rings. The molecule has 0 atom stereocenters. The van der Waals surface area contributed by atoms with E-state index in [0.717, 1.165) is 5.69 Å². The predicted octanol–water partition coefficient (Wildman–Crippen LogP) is 3.09. The number of anilines is 1. The second kappa shape index (κ2) is 6.39. The van der Waals surface area contributed by atoms with Crippen LogP contribution in [-0.2, 0) is 0 Å². The summed E-state index contributed by atoms with van der Waals surface area (Å²) in [5.74, 6) is 0.504. The fourth-order valence-electron chi connectivity index (χ4n) is 1.61. The predicted molar refractivity (Wildman–Crippen MR) is 73.5 cm³/mol. The molecule has 19 heavy (non-hydrogen) atoms. The van der Waals surface area contributed by atoms with Gasteiger partial charge < -0.3 is 10.1 Å². The Kier molecular flexibility index (Phi) is 4.34. The van der Waals surface area contributed by atoms with Crippen LogP contribution in [0, 0.1) is 10.1 Å². The third-order valence-corrected chi connectivity index (χ3v) is 2.50. The average Bonchev–Trinajstić information content (AvgIpc) is 2.45. The number of rotatable bonds is 6. The van der Waals surface area contributed by atoms with Crippen LogP contribution in [0.4, 0.5) is 11.4 Å². The van der Waals surface area contributed by atoms with Crippen molar-refractivity contribution in [2.75, 3.05) is 18.5 Å². The van der Waals surface area contributed by atoms with Crippen LogP contribution in [0.15, 0.2) is 54.6 Å². The Morgan fingerprint density at radius 1 is 1.11 bits per heavy atom. The van der Waals surface area contributed by atoms with E-state index < -0.39 is 4.92 Å². The first-order chi connectivity index (χ1) is 9.25. The van der Waals surface area contributed by atoms with Crippen LogP contribution in [0.2, 0.25) is 0 Å². The zero-order valence-corrected chi connectivity index (χ0v) is 10.3. The highest BCUT2D eigenvalue weighted by molar-refractivity contribution is 5.42. The minimum absolute atomic E-state index is 0.0357. The summed E-state index contributed by atoms with van der Waals surface area (Å²) in [6.07, 6.45) is 0. The van der Waals surface area contributed by atoms with Crippen molar-refractivity contribution < 1.29 is 9.66 Å². The summed E-state index contributed by atoms with van der Waals surface area (Å²) in [7, 11) is 0. The lowest BCUT2D eigenvalue weighted by molar-refractivity contribution is -0.384. The van der Waals surface area contributed by atoms with Crippen LogP contribution in [0.5, 0.6) is 5.75 Å². The molecular formula is C14H14N2O3. The van der Waals surface area contributed by atoms with Crippen molar-refractivity contribution in [1.29, 1.82) is 0 Å². The van der Waals surface area contributed by atoms with Crippen molar-refractivity contribution in [3.8, 4) is 5.75 Å². The molecule has 1 N–H and O–H groups in total. The molecule has 0 aliphatic heterocycles. The van der Waals surface area contributed by atoms with Crippen LogP contribution in [0.3, 0.4) is 0 Å². The van der Waals surface area contributed by atoms with Gasteiger partial charge in [-0.05, 0) is 18.2 Å². The first kappa shape index (κ1) is 12.9. The Hall–Kier alpha value is -2.56. The van der Waals surface area contributed by atoms with Gasteiger partial charge in [-0.3, -0.25) is 10.1 Å². The molecule has 5 heteroatoms. The maximum Gasteiger partial charge on any atom is 0.273 e. The van der Waals surface area contributed by atoms with E-state index >= 15 is 0 Å². The zero-order valence-electron chi connectivity index (χ0n) is 10.3. The van der Waals surface area contributed by atoms with E-state index in [4.69, 9.17) is 4.74 Å². The summed E-state index contributed by atoms with van der Waals surface area (Å²) in [5.41, 5.74) is 1.05. The van der Waals surface area contributed by atoms with Crippen molar-refractivity contribution in [2.24, 2.45) is 0 Å². The van der Waals surface area contributed by atoms with Crippen molar-refractivity contribution >= 4 is 11.4 Å². The summed E-state index contributed by atoms with van der Waals surface area (Å²) in [4.78, 5) is 10.2. The number of benzene rings is 2. The highest BCUT2D eigenvalue weighted by Gasteiger charge is 2.05. The van der Waals surface area contributed by atoms with Gasteiger partial charge >= 0.3 is 0 Å². The molecule has 0 bridgehead atoms. The molecule has 0 saturated heterocycles. The fraction of sp³-hybridized carbons (Fsp3) is 0.143. The minimum Gasteiger partial charge on any atom is -0.491 e. The van der Waals surface area contributed by atoms with Crippen molar-refractivity contribution in [3.05, 3.63) is 64.7 Å². The molecule has 5 nitrogen and oxygen atoms in total. The molecule has 0 aliphatic carbocycles. The zero-order chi connectivity index (χ0) is 13.5. The van der Waals surface area contributed by atoms with Crippen molar-refractivity contribution in [3.63, 3.8) is 0 Å². The number of nitro groups is 1. The van der Waals surface area contributed by atoms with Gasteiger partial charge in [0.15, 0.2) is 0 Å². The normalized spacial score (nSPS) is 9.89. The molecule has 0 aromatic heterocycles. The monoisotopic (exact) mass is 258 g/mol. The standard InChI is InChI=1S/C14H14N2O3/c17-16(18)13-7-4-8-14(11-13)19-10-9-15-12-5-2-1-3-6-12/h1-8,11,15H,9-10H2. The second-order valence-electron chi connectivity index (χ2n) is 3.90. The van der Waals surface area contributed by atoms with E-state index in [0.29, 0.717) is 18.9 Å². The van der Waals surface area contributed by atoms with Crippen molar-refractivity contribution in [1.82, 2.24) is 0 Å². The van der Waals surface area contributed by atoms with Gasteiger partial charge in [-0.15, -0.1) is 0 Å². The highest BCUT2D eigenvalue weighted by Crippen LogP contribution is 2.18. The number of nitro benzene ring substituents is 1. The first-order valence-corrected chi connectivity index (χ1v) is 5.92. The van der Waals surface area contributed by atoms with Gasteiger partial charge in [0, 0.05) is 18.3 Å². The topological polar surface area (TPSA) is 64.4 Å². The molecule has 2 aromatic rings. The van der Waals surface area contributed by atoms with Crippen LogP contribution in [0.1, 0.15) is 0 Å². The number of hydrogen-bond acceptors (Lipinski definition) is 4. The molecule has 0 unspecified atom stereocenters. The van der Waals surface area contributed by atoms with Crippen LogP contribution in [-0.4, -0.2) is 18.1 Å². The van der Waals surface area contributed by atoms with Gasteiger partial charge in [0.25, 0.3) is 5.69 Å². The van der Waals surface area contributed by atoms with E-state index in [9.17, 15) is 10.1 Å². The Balaban J connectivity index is 1.80. The molecule has 98 valence electrons. The quantitative estimate of drug-likeness (QED) is 0.491. The molecule has 0 aliphatic rings. The lowest BCUT2D eigenvalue weighted by atomic mass is 10.3. The van der Waals surface area contributed by atoms with E-state index in [1.165, 1.54) is 12.1 Å². The van der Waals surface area contributed by atoms with Gasteiger partial charge in [0.2, 0.25) is 0 Å². The SMILES string of the molecule is O=[N+]([O-])c1cccc(OCCNc2ccccc2)c1. The molecule has 0 saturated carbocycles. The van der Waals surface area contributed by atoms with Gasteiger partial charge in [0.1, 0.15) is 12.4 Å². The number of non-ortho nitro benzene ring substituents is 1. The number of ether oxygens (including phenoxy) is 1. The largest absolute Gasteiger partial charge is 0.491 e. The summed E-state index contributed by atoms with van der Waals surface area (Å²) in [6.45, 7) is 1.07. The van der Waals surface area contributed by atoms with E-state index in [1.807, 2.05) is 30.3 Å². The Morgan fingerprint density at radius 2 is 1.89 bits per heavy atom. The Morgan fingerprint density at radius 3 is 2.63 bits per heavy atom. The average molecular weight is 258 g/mol. The molecule has 0 heterocycles.